The maximum Gasteiger partial charge on any atom is 0.220 e. The van der Waals surface area contributed by atoms with Gasteiger partial charge in [0.2, 0.25) is 11.9 Å². The minimum Gasteiger partial charge on any atom is -0.493 e. The molecule has 2 aromatic carbocycles. The molecule has 0 spiro atoms. The molecule has 1 aliphatic heterocycles. The van der Waals surface area contributed by atoms with Crippen LogP contribution in [0.4, 0.5) is 4.39 Å². The monoisotopic (exact) mass is 409 g/mol. The number of ether oxygens (including phenoxy) is 1. The standard InChI is InChI=1S/C18H18Cl2FN5O/c19-14-7-6-13(10-15(14)20)27-9-1-8-26-16(24-17(22)25-18(26)23)11-2-4-12(21)5-3-11/h2-7,10,16H,1,8-9H2,(H4,22,23,24,25). The summed E-state index contributed by atoms with van der Waals surface area (Å²) in [5.41, 5.74) is 12.5. The number of hydrogen-bond acceptors (Lipinski definition) is 6. The van der Waals surface area contributed by atoms with Crippen LogP contribution in [-0.4, -0.2) is 30.0 Å². The highest BCUT2D eigenvalue weighted by molar-refractivity contribution is 6.42. The van der Waals surface area contributed by atoms with Crippen LogP contribution < -0.4 is 16.2 Å². The quantitative estimate of drug-likeness (QED) is 0.713. The third-order valence-corrected chi connectivity index (χ3v) is 4.68. The summed E-state index contributed by atoms with van der Waals surface area (Å²) in [6, 6.07) is 11.1. The molecule has 0 bridgehead atoms. The SMILES string of the molecule is NC1=NC(c2ccc(F)cc2)N(CCCOc2ccc(Cl)c(Cl)c2)C(N)=N1. The largest absolute Gasteiger partial charge is 0.493 e. The highest BCUT2D eigenvalue weighted by Gasteiger charge is 2.25. The van der Waals surface area contributed by atoms with Crippen molar-refractivity contribution in [2.24, 2.45) is 21.5 Å². The van der Waals surface area contributed by atoms with Gasteiger partial charge in [-0.1, -0.05) is 35.3 Å². The number of benzene rings is 2. The Labute approximate surface area is 166 Å². The van der Waals surface area contributed by atoms with Crippen LogP contribution in [0, 0.1) is 5.82 Å². The molecule has 1 unspecified atom stereocenters. The third kappa shape index (κ3) is 4.81. The van der Waals surface area contributed by atoms with Gasteiger partial charge in [0.15, 0.2) is 6.17 Å². The second-order valence-electron chi connectivity index (χ2n) is 5.85. The van der Waals surface area contributed by atoms with E-state index in [-0.39, 0.29) is 17.7 Å². The molecule has 0 fully saturated rings. The van der Waals surface area contributed by atoms with Gasteiger partial charge in [0.1, 0.15) is 11.6 Å². The van der Waals surface area contributed by atoms with Crippen LogP contribution in [0.2, 0.25) is 10.0 Å². The van der Waals surface area contributed by atoms with E-state index in [2.05, 4.69) is 9.98 Å². The van der Waals surface area contributed by atoms with Crippen LogP contribution in [-0.2, 0) is 0 Å². The van der Waals surface area contributed by atoms with Gasteiger partial charge in [-0.25, -0.2) is 9.38 Å². The van der Waals surface area contributed by atoms with E-state index in [0.29, 0.717) is 35.4 Å². The fourth-order valence-corrected chi connectivity index (χ4v) is 2.94. The van der Waals surface area contributed by atoms with Gasteiger partial charge >= 0.3 is 0 Å². The first-order valence-corrected chi connectivity index (χ1v) is 8.97. The molecule has 1 atom stereocenters. The second kappa shape index (κ2) is 8.45. The lowest BCUT2D eigenvalue weighted by molar-refractivity contribution is 0.258. The molecule has 0 amide bonds. The highest BCUT2D eigenvalue weighted by atomic mass is 35.5. The van der Waals surface area contributed by atoms with E-state index in [9.17, 15) is 4.39 Å². The Morgan fingerprint density at radius 1 is 1.07 bits per heavy atom. The molecule has 1 aliphatic rings. The molecule has 0 aromatic heterocycles. The Bertz CT molecular complexity index is 873. The van der Waals surface area contributed by atoms with Crippen molar-refractivity contribution in [3.05, 3.63) is 63.9 Å². The number of nitrogens with two attached hydrogens (primary N) is 2. The average molecular weight is 410 g/mol. The minimum atomic E-state index is -0.465. The van der Waals surface area contributed by atoms with Crippen molar-refractivity contribution in [2.45, 2.75) is 12.6 Å². The number of halogens is 3. The molecule has 4 N–H and O–H groups in total. The number of nitrogens with zero attached hydrogens (tertiary/aromatic N) is 3. The molecular formula is C18H18Cl2FN5O. The number of guanidine groups is 2. The van der Waals surface area contributed by atoms with Crippen molar-refractivity contribution in [1.29, 1.82) is 0 Å². The lowest BCUT2D eigenvalue weighted by atomic mass is 10.1. The van der Waals surface area contributed by atoms with E-state index in [1.807, 2.05) is 0 Å². The van der Waals surface area contributed by atoms with E-state index in [1.54, 1.807) is 35.2 Å². The van der Waals surface area contributed by atoms with E-state index >= 15 is 0 Å². The second-order valence-corrected chi connectivity index (χ2v) is 6.67. The summed E-state index contributed by atoms with van der Waals surface area (Å²) >= 11 is 11.9. The number of hydrogen-bond donors (Lipinski definition) is 2. The summed E-state index contributed by atoms with van der Waals surface area (Å²) in [6.07, 6.45) is 0.178. The first-order valence-electron chi connectivity index (χ1n) is 8.21. The van der Waals surface area contributed by atoms with Crippen LogP contribution in [0.5, 0.6) is 5.75 Å². The highest BCUT2D eigenvalue weighted by Crippen LogP contribution is 2.27. The molecule has 27 heavy (non-hydrogen) atoms. The van der Waals surface area contributed by atoms with Gasteiger partial charge in [-0.2, -0.15) is 4.99 Å². The maximum atomic E-state index is 13.2. The average Bonchev–Trinajstić information content (AvgIpc) is 2.63. The Hall–Kier alpha value is -2.51. The Kier molecular flexibility index (Phi) is 6.03. The Morgan fingerprint density at radius 2 is 1.81 bits per heavy atom. The van der Waals surface area contributed by atoms with Crippen molar-refractivity contribution < 1.29 is 9.13 Å². The molecule has 3 rings (SSSR count). The first kappa shape index (κ1) is 19.3. The lowest BCUT2D eigenvalue weighted by Gasteiger charge is -2.32. The van der Waals surface area contributed by atoms with Gasteiger partial charge < -0.3 is 21.1 Å². The summed E-state index contributed by atoms with van der Waals surface area (Å²) < 4.78 is 18.9. The molecular weight excluding hydrogens is 392 g/mol. The molecule has 2 aromatic rings. The van der Waals surface area contributed by atoms with Crippen LogP contribution in [0.15, 0.2) is 52.4 Å². The van der Waals surface area contributed by atoms with E-state index in [4.69, 9.17) is 39.4 Å². The molecule has 0 saturated carbocycles. The van der Waals surface area contributed by atoms with Gasteiger partial charge in [0.25, 0.3) is 0 Å². The molecule has 0 radical (unpaired) electrons. The first-order chi connectivity index (χ1) is 12.9. The zero-order chi connectivity index (χ0) is 19.4. The summed E-state index contributed by atoms with van der Waals surface area (Å²) in [7, 11) is 0. The molecule has 142 valence electrons. The molecule has 6 nitrogen and oxygen atoms in total. The van der Waals surface area contributed by atoms with Crippen molar-refractivity contribution in [1.82, 2.24) is 4.90 Å². The van der Waals surface area contributed by atoms with Crippen molar-refractivity contribution in [3.8, 4) is 5.75 Å². The molecule has 1 heterocycles. The summed E-state index contributed by atoms with van der Waals surface area (Å²) in [6.45, 7) is 0.951. The number of rotatable bonds is 6. The predicted molar refractivity (Wildman–Crippen MR) is 106 cm³/mol. The van der Waals surface area contributed by atoms with E-state index in [0.717, 1.165) is 5.56 Å². The minimum absolute atomic E-state index is 0.0881. The summed E-state index contributed by atoms with van der Waals surface area (Å²) in [5.74, 6) is 0.647. The Morgan fingerprint density at radius 3 is 2.52 bits per heavy atom. The maximum absolute atomic E-state index is 13.2. The third-order valence-electron chi connectivity index (χ3n) is 3.94. The smallest absolute Gasteiger partial charge is 0.220 e. The zero-order valence-corrected chi connectivity index (χ0v) is 15.8. The van der Waals surface area contributed by atoms with Crippen LogP contribution in [0.25, 0.3) is 0 Å². The van der Waals surface area contributed by atoms with E-state index < -0.39 is 6.17 Å². The molecule has 0 aliphatic carbocycles. The van der Waals surface area contributed by atoms with Gasteiger partial charge in [-0.3, -0.25) is 0 Å². The van der Waals surface area contributed by atoms with E-state index in [1.165, 1.54) is 12.1 Å². The Balaban J connectivity index is 1.63. The van der Waals surface area contributed by atoms with Crippen LogP contribution >= 0.6 is 23.2 Å². The molecule has 0 saturated heterocycles. The normalized spacial score (nSPS) is 16.7. The van der Waals surface area contributed by atoms with Gasteiger partial charge in [0, 0.05) is 12.6 Å². The van der Waals surface area contributed by atoms with Crippen LogP contribution in [0.1, 0.15) is 18.2 Å². The zero-order valence-electron chi connectivity index (χ0n) is 14.3. The van der Waals surface area contributed by atoms with Crippen molar-refractivity contribution in [3.63, 3.8) is 0 Å². The fourth-order valence-electron chi connectivity index (χ4n) is 2.65. The van der Waals surface area contributed by atoms with Crippen molar-refractivity contribution in [2.75, 3.05) is 13.2 Å². The van der Waals surface area contributed by atoms with Crippen LogP contribution in [0.3, 0.4) is 0 Å². The topological polar surface area (TPSA) is 89.2 Å². The number of aliphatic imine (C=N–C) groups is 2. The summed E-state index contributed by atoms with van der Waals surface area (Å²) in [4.78, 5) is 10.1. The molecule has 9 heteroatoms. The summed E-state index contributed by atoms with van der Waals surface area (Å²) in [5, 5.41) is 0.904. The lowest BCUT2D eigenvalue weighted by Crippen LogP contribution is -2.44. The van der Waals surface area contributed by atoms with Gasteiger partial charge in [0.05, 0.1) is 16.7 Å². The van der Waals surface area contributed by atoms with Crippen molar-refractivity contribution >= 4 is 35.1 Å². The van der Waals surface area contributed by atoms with Gasteiger partial charge in [-0.05, 0) is 36.2 Å². The van der Waals surface area contributed by atoms with Gasteiger partial charge in [-0.15, -0.1) is 0 Å². The predicted octanol–water partition coefficient (Wildman–Crippen LogP) is 3.55. The fraction of sp³-hybridized carbons (Fsp3) is 0.222.